The molecule has 1 saturated carbocycles. The number of benzene rings is 1. The van der Waals surface area contributed by atoms with Crippen molar-refractivity contribution in [1.82, 2.24) is 5.32 Å². The molecule has 0 amide bonds. The fraction of sp³-hybridized carbons (Fsp3) is 0.571. The monoisotopic (exact) mass is 287 g/mol. The third-order valence-electron chi connectivity index (χ3n) is 3.55. The van der Waals surface area contributed by atoms with E-state index < -0.39 is 0 Å². The molecule has 1 aromatic rings. The minimum absolute atomic E-state index is 0.379. The Labute approximate surface area is 119 Å². The lowest BCUT2D eigenvalue weighted by Gasteiger charge is -2.28. The van der Waals surface area contributed by atoms with Gasteiger partial charge in [0.25, 0.3) is 0 Å². The van der Waals surface area contributed by atoms with Crippen LogP contribution in [0.1, 0.15) is 31.2 Å². The molecule has 1 aliphatic rings. The average Bonchev–Trinajstić information content (AvgIpc) is 2.41. The van der Waals surface area contributed by atoms with Gasteiger partial charge in [-0.25, -0.2) is 0 Å². The van der Waals surface area contributed by atoms with Gasteiger partial charge < -0.3 is 10.1 Å². The van der Waals surface area contributed by atoms with Crippen LogP contribution >= 0.6 is 23.2 Å². The molecule has 0 heterocycles. The summed E-state index contributed by atoms with van der Waals surface area (Å²) < 4.78 is 5.93. The van der Waals surface area contributed by atoms with Gasteiger partial charge in [-0.2, -0.15) is 0 Å². The number of hydrogen-bond donors (Lipinski definition) is 1. The third-order valence-corrected chi connectivity index (χ3v) is 4.29. The van der Waals surface area contributed by atoms with E-state index in [4.69, 9.17) is 27.9 Å². The van der Waals surface area contributed by atoms with E-state index in [9.17, 15) is 0 Å². The lowest BCUT2D eigenvalue weighted by Crippen LogP contribution is -2.32. The van der Waals surface area contributed by atoms with Crippen molar-refractivity contribution in [1.29, 1.82) is 0 Å². The molecule has 0 unspecified atom stereocenters. The molecule has 0 bridgehead atoms. The van der Waals surface area contributed by atoms with Crippen molar-refractivity contribution in [3.05, 3.63) is 33.8 Å². The fourth-order valence-corrected chi connectivity index (χ4v) is 2.68. The summed E-state index contributed by atoms with van der Waals surface area (Å²) in [7, 11) is 2.03. The van der Waals surface area contributed by atoms with E-state index in [1.54, 1.807) is 0 Å². The zero-order chi connectivity index (χ0) is 13.0. The van der Waals surface area contributed by atoms with Gasteiger partial charge in [-0.1, -0.05) is 29.3 Å². The van der Waals surface area contributed by atoms with Crippen molar-refractivity contribution < 1.29 is 4.74 Å². The number of hydrogen-bond acceptors (Lipinski definition) is 2. The molecule has 1 aromatic carbocycles. The molecular formula is C14H19Cl2NO. The highest BCUT2D eigenvalue weighted by Gasteiger charge is 2.20. The van der Waals surface area contributed by atoms with Crippen LogP contribution in [0.4, 0.5) is 0 Å². The van der Waals surface area contributed by atoms with Gasteiger partial charge >= 0.3 is 0 Å². The SMILES string of the molecule is CNC1CCC(OCc2ccc(Cl)c(Cl)c2)CC1. The van der Waals surface area contributed by atoms with Crippen molar-refractivity contribution >= 4 is 23.2 Å². The average molecular weight is 288 g/mol. The highest BCUT2D eigenvalue weighted by atomic mass is 35.5. The lowest BCUT2D eigenvalue weighted by atomic mass is 9.93. The second kappa shape index (κ2) is 6.76. The number of nitrogens with one attached hydrogen (secondary N) is 1. The van der Waals surface area contributed by atoms with Crippen LogP contribution in [0.15, 0.2) is 18.2 Å². The molecule has 0 saturated heterocycles. The maximum atomic E-state index is 5.98. The zero-order valence-corrected chi connectivity index (χ0v) is 12.1. The molecule has 2 nitrogen and oxygen atoms in total. The molecule has 0 spiro atoms. The lowest BCUT2D eigenvalue weighted by molar-refractivity contribution is 0.0118. The van der Waals surface area contributed by atoms with Crippen molar-refractivity contribution in [3.8, 4) is 0 Å². The molecule has 1 fully saturated rings. The molecule has 100 valence electrons. The molecule has 18 heavy (non-hydrogen) atoms. The van der Waals surface area contributed by atoms with Crippen molar-refractivity contribution in [2.45, 2.75) is 44.4 Å². The second-order valence-corrected chi connectivity index (χ2v) is 5.64. The van der Waals surface area contributed by atoms with Crippen LogP contribution in [0.3, 0.4) is 0 Å². The molecule has 1 aliphatic carbocycles. The van der Waals surface area contributed by atoms with E-state index in [0.29, 0.717) is 28.8 Å². The van der Waals surface area contributed by atoms with Gasteiger partial charge in [0, 0.05) is 6.04 Å². The van der Waals surface area contributed by atoms with E-state index in [0.717, 1.165) is 18.4 Å². The zero-order valence-electron chi connectivity index (χ0n) is 10.6. The van der Waals surface area contributed by atoms with Crippen LogP contribution in [0.2, 0.25) is 10.0 Å². The van der Waals surface area contributed by atoms with Gasteiger partial charge in [-0.3, -0.25) is 0 Å². The standard InChI is InChI=1S/C14H19Cl2NO/c1-17-11-3-5-12(6-4-11)18-9-10-2-7-13(15)14(16)8-10/h2,7-8,11-12,17H,3-6,9H2,1H3. The summed E-state index contributed by atoms with van der Waals surface area (Å²) in [5.74, 6) is 0. The van der Waals surface area contributed by atoms with Gasteiger partial charge in [0.2, 0.25) is 0 Å². The topological polar surface area (TPSA) is 21.3 Å². The minimum atomic E-state index is 0.379. The largest absolute Gasteiger partial charge is 0.374 e. The molecule has 4 heteroatoms. The highest BCUT2D eigenvalue weighted by Crippen LogP contribution is 2.25. The number of rotatable bonds is 4. The van der Waals surface area contributed by atoms with Gasteiger partial charge in [0.1, 0.15) is 0 Å². The van der Waals surface area contributed by atoms with Crippen molar-refractivity contribution in [2.75, 3.05) is 7.05 Å². The first-order valence-corrected chi connectivity index (χ1v) is 7.17. The summed E-state index contributed by atoms with van der Waals surface area (Å²) in [5, 5.41) is 4.51. The quantitative estimate of drug-likeness (QED) is 0.902. The Morgan fingerprint density at radius 1 is 1.17 bits per heavy atom. The van der Waals surface area contributed by atoms with E-state index in [-0.39, 0.29) is 0 Å². The molecule has 2 rings (SSSR count). The van der Waals surface area contributed by atoms with E-state index >= 15 is 0 Å². The summed E-state index contributed by atoms with van der Waals surface area (Å²) in [6.07, 6.45) is 5.04. The number of halogens is 2. The molecule has 0 radical (unpaired) electrons. The molecule has 1 N–H and O–H groups in total. The third kappa shape index (κ3) is 3.86. The Morgan fingerprint density at radius 2 is 1.89 bits per heavy atom. The molecular weight excluding hydrogens is 269 g/mol. The highest BCUT2D eigenvalue weighted by molar-refractivity contribution is 6.42. The van der Waals surface area contributed by atoms with E-state index in [2.05, 4.69) is 5.32 Å². The van der Waals surface area contributed by atoms with Gasteiger partial charge in [0.15, 0.2) is 0 Å². The van der Waals surface area contributed by atoms with Crippen LogP contribution < -0.4 is 5.32 Å². The smallest absolute Gasteiger partial charge is 0.0721 e. The van der Waals surface area contributed by atoms with E-state index in [1.807, 2.05) is 25.2 Å². The van der Waals surface area contributed by atoms with Crippen LogP contribution in [0.5, 0.6) is 0 Å². The van der Waals surface area contributed by atoms with E-state index in [1.165, 1.54) is 12.8 Å². The Kier molecular flexibility index (Phi) is 5.31. The predicted octanol–water partition coefficient (Wildman–Crippen LogP) is 4.04. The van der Waals surface area contributed by atoms with Crippen LogP contribution in [-0.2, 0) is 11.3 Å². The molecule has 0 aromatic heterocycles. The first kappa shape index (κ1) is 14.1. The Balaban J connectivity index is 1.79. The summed E-state index contributed by atoms with van der Waals surface area (Å²) in [5.41, 5.74) is 1.08. The van der Waals surface area contributed by atoms with Crippen molar-refractivity contribution in [3.63, 3.8) is 0 Å². The van der Waals surface area contributed by atoms with Crippen molar-refractivity contribution in [2.24, 2.45) is 0 Å². The first-order chi connectivity index (χ1) is 8.69. The van der Waals surface area contributed by atoms with Crippen LogP contribution in [0, 0.1) is 0 Å². The van der Waals surface area contributed by atoms with Crippen LogP contribution in [-0.4, -0.2) is 19.2 Å². The first-order valence-electron chi connectivity index (χ1n) is 6.42. The van der Waals surface area contributed by atoms with Gasteiger partial charge in [-0.15, -0.1) is 0 Å². The fourth-order valence-electron chi connectivity index (χ4n) is 2.36. The minimum Gasteiger partial charge on any atom is -0.374 e. The molecule has 0 atom stereocenters. The Morgan fingerprint density at radius 3 is 2.50 bits per heavy atom. The summed E-state index contributed by atoms with van der Waals surface area (Å²) in [4.78, 5) is 0. The second-order valence-electron chi connectivity index (χ2n) is 4.82. The maximum Gasteiger partial charge on any atom is 0.0721 e. The predicted molar refractivity (Wildman–Crippen MR) is 76.4 cm³/mol. The van der Waals surface area contributed by atoms with Crippen LogP contribution in [0.25, 0.3) is 0 Å². The normalized spacial score (nSPS) is 24.2. The summed E-state index contributed by atoms with van der Waals surface area (Å²) in [6.45, 7) is 0.617. The Bertz CT molecular complexity index is 389. The number of ether oxygens (including phenoxy) is 1. The maximum absolute atomic E-state index is 5.98. The summed E-state index contributed by atoms with van der Waals surface area (Å²) in [6, 6.07) is 6.33. The van der Waals surface area contributed by atoms with Gasteiger partial charge in [-0.05, 0) is 50.4 Å². The van der Waals surface area contributed by atoms with Gasteiger partial charge in [0.05, 0.1) is 22.8 Å². The summed E-state index contributed by atoms with van der Waals surface area (Å²) >= 11 is 11.9. The molecule has 0 aliphatic heterocycles. The Hall–Kier alpha value is -0.280.